The van der Waals surface area contributed by atoms with Crippen molar-refractivity contribution in [1.29, 1.82) is 0 Å². The van der Waals surface area contributed by atoms with Gasteiger partial charge in [-0.05, 0) is 24.1 Å². The maximum absolute atomic E-state index is 11.3. The van der Waals surface area contributed by atoms with E-state index in [0.29, 0.717) is 23.6 Å². The van der Waals surface area contributed by atoms with Crippen LogP contribution in [0.25, 0.3) is 5.69 Å². The van der Waals surface area contributed by atoms with Gasteiger partial charge in [0.1, 0.15) is 0 Å². The minimum Gasteiger partial charge on any atom is -0.397 e. The van der Waals surface area contributed by atoms with Gasteiger partial charge in [-0.25, -0.2) is 4.68 Å². The summed E-state index contributed by atoms with van der Waals surface area (Å²) < 4.78 is 1.63. The molecule has 0 bridgehead atoms. The van der Waals surface area contributed by atoms with Crippen molar-refractivity contribution in [1.82, 2.24) is 9.78 Å². The molecular formula is C12H11ClN4O. The van der Waals surface area contributed by atoms with E-state index in [1.807, 2.05) is 6.07 Å². The van der Waals surface area contributed by atoms with Gasteiger partial charge in [-0.15, -0.1) is 0 Å². The van der Waals surface area contributed by atoms with E-state index in [-0.39, 0.29) is 5.91 Å². The summed E-state index contributed by atoms with van der Waals surface area (Å²) in [6, 6.07) is 3.70. The molecule has 5 nitrogen and oxygen atoms in total. The summed E-state index contributed by atoms with van der Waals surface area (Å²) in [5, 5.41) is 7.49. The number of nitrogens with two attached hydrogens (primary N) is 1. The third-order valence-corrected chi connectivity index (χ3v) is 3.14. The average molecular weight is 263 g/mol. The molecule has 1 aromatic heterocycles. The second-order valence-electron chi connectivity index (χ2n) is 4.22. The Morgan fingerprint density at radius 3 is 2.94 bits per heavy atom. The van der Waals surface area contributed by atoms with Crippen LogP contribution in [0, 0.1) is 0 Å². The lowest BCUT2D eigenvalue weighted by Crippen LogP contribution is -2.19. The number of carbonyl (C=O) groups is 1. The van der Waals surface area contributed by atoms with Gasteiger partial charge >= 0.3 is 0 Å². The highest BCUT2D eigenvalue weighted by Gasteiger charge is 2.17. The largest absolute Gasteiger partial charge is 0.397 e. The Morgan fingerprint density at radius 2 is 2.22 bits per heavy atom. The van der Waals surface area contributed by atoms with Gasteiger partial charge in [0.2, 0.25) is 5.91 Å². The van der Waals surface area contributed by atoms with Gasteiger partial charge in [-0.3, -0.25) is 4.79 Å². The van der Waals surface area contributed by atoms with Crippen molar-refractivity contribution in [3.63, 3.8) is 0 Å². The maximum atomic E-state index is 11.3. The highest BCUT2D eigenvalue weighted by molar-refractivity contribution is 6.30. The lowest BCUT2D eigenvalue weighted by Gasteiger charge is -2.19. The molecule has 1 aliphatic rings. The van der Waals surface area contributed by atoms with Gasteiger partial charge in [0, 0.05) is 18.3 Å². The molecule has 1 aromatic carbocycles. The Hall–Kier alpha value is -2.01. The van der Waals surface area contributed by atoms with Crippen LogP contribution in [0.2, 0.25) is 5.02 Å². The monoisotopic (exact) mass is 262 g/mol. The molecule has 0 unspecified atom stereocenters. The number of hydrogen-bond acceptors (Lipinski definition) is 3. The fraction of sp³-hybridized carbons (Fsp3) is 0.167. The van der Waals surface area contributed by atoms with Crippen LogP contribution in [-0.4, -0.2) is 15.7 Å². The molecule has 3 rings (SSSR count). The van der Waals surface area contributed by atoms with Gasteiger partial charge in [0.25, 0.3) is 0 Å². The number of benzene rings is 1. The summed E-state index contributed by atoms with van der Waals surface area (Å²) in [7, 11) is 0. The Morgan fingerprint density at radius 1 is 1.39 bits per heavy atom. The fourth-order valence-electron chi connectivity index (χ4n) is 2.06. The number of hydrogen-bond donors (Lipinski definition) is 2. The van der Waals surface area contributed by atoms with Crippen LogP contribution in [0.1, 0.15) is 12.0 Å². The van der Waals surface area contributed by atoms with Crippen LogP contribution < -0.4 is 11.1 Å². The van der Waals surface area contributed by atoms with Crippen LogP contribution in [-0.2, 0) is 11.2 Å². The van der Waals surface area contributed by atoms with Crippen molar-refractivity contribution in [3.05, 3.63) is 35.1 Å². The van der Waals surface area contributed by atoms with E-state index in [9.17, 15) is 4.79 Å². The molecular weight excluding hydrogens is 252 g/mol. The zero-order valence-corrected chi connectivity index (χ0v) is 10.2. The molecule has 1 aliphatic heterocycles. The summed E-state index contributed by atoms with van der Waals surface area (Å²) >= 11 is 5.84. The van der Waals surface area contributed by atoms with Gasteiger partial charge in [-0.1, -0.05) is 11.6 Å². The molecule has 2 aromatic rings. The minimum atomic E-state index is 0.0248. The number of fused-ring (bicyclic) bond motifs is 1. The maximum Gasteiger partial charge on any atom is 0.224 e. The number of carbonyl (C=O) groups excluding carboxylic acids is 1. The van der Waals surface area contributed by atoms with Crippen LogP contribution >= 0.6 is 11.6 Å². The number of aromatic nitrogens is 2. The normalized spacial score (nSPS) is 14.2. The Balaban J connectivity index is 2.09. The van der Waals surface area contributed by atoms with Crippen molar-refractivity contribution in [2.45, 2.75) is 12.8 Å². The number of halogens is 1. The first-order chi connectivity index (χ1) is 8.63. The van der Waals surface area contributed by atoms with Crippen LogP contribution in [0.3, 0.4) is 0 Å². The molecule has 0 saturated carbocycles. The van der Waals surface area contributed by atoms with Crippen molar-refractivity contribution in [2.24, 2.45) is 0 Å². The first kappa shape index (κ1) is 11.1. The highest BCUT2D eigenvalue weighted by atomic mass is 35.5. The predicted molar refractivity (Wildman–Crippen MR) is 69.9 cm³/mol. The topological polar surface area (TPSA) is 72.9 Å². The van der Waals surface area contributed by atoms with E-state index >= 15 is 0 Å². The smallest absolute Gasteiger partial charge is 0.224 e. The number of nitrogens with zero attached hydrogens (tertiary/aromatic N) is 2. The number of aryl methyl sites for hydroxylation is 1. The third-order valence-electron chi connectivity index (χ3n) is 2.95. The Labute approximate surface area is 109 Å². The minimum absolute atomic E-state index is 0.0248. The molecule has 0 spiro atoms. The molecule has 0 radical (unpaired) electrons. The molecule has 18 heavy (non-hydrogen) atoms. The van der Waals surface area contributed by atoms with E-state index in [4.69, 9.17) is 17.3 Å². The summed E-state index contributed by atoms with van der Waals surface area (Å²) in [4.78, 5) is 11.3. The third kappa shape index (κ3) is 1.82. The van der Waals surface area contributed by atoms with Gasteiger partial charge in [-0.2, -0.15) is 5.10 Å². The van der Waals surface area contributed by atoms with Gasteiger partial charge < -0.3 is 11.1 Å². The molecule has 0 aliphatic carbocycles. The average Bonchev–Trinajstić information content (AvgIpc) is 2.74. The standard InChI is InChI=1S/C12H11ClN4O/c13-8-5-15-17(6-8)11-3-7-1-2-12(18)16-10(7)4-9(11)14/h3-6H,1-2,14H2,(H,16,18). The van der Waals surface area contributed by atoms with Gasteiger partial charge in [0.05, 0.1) is 22.6 Å². The van der Waals surface area contributed by atoms with Crippen molar-refractivity contribution in [3.8, 4) is 5.69 Å². The number of amides is 1. The molecule has 3 N–H and O–H groups in total. The fourth-order valence-corrected chi connectivity index (χ4v) is 2.20. The van der Waals surface area contributed by atoms with Crippen molar-refractivity contribution in [2.75, 3.05) is 11.1 Å². The summed E-state index contributed by atoms with van der Waals surface area (Å²) in [6.45, 7) is 0. The second kappa shape index (κ2) is 4.03. The molecule has 2 heterocycles. The molecule has 6 heteroatoms. The SMILES string of the molecule is Nc1cc2c(cc1-n1cc(Cl)cn1)CCC(=O)N2. The molecule has 92 valence electrons. The lowest BCUT2D eigenvalue weighted by molar-refractivity contribution is -0.116. The first-order valence-electron chi connectivity index (χ1n) is 5.56. The van der Waals surface area contributed by atoms with Crippen LogP contribution in [0.5, 0.6) is 0 Å². The lowest BCUT2D eigenvalue weighted by atomic mass is 10.0. The molecule has 0 atom stereocenters. The van der Waals surface area contributed by atoms with E-state index in [2.05, 4.69) is 10.4 Å². The van der Waals surface area contributed by atoms with E-state index in [1.54, 1.807) is 23.1 Å². The first-order valence-corrected chi connectivity index (χ1v) is 5.94. The molecule has 0 saturated heterocycles. The second-order valence-corrected chi connectivity index (χ2v) is 4.66. The Bertz CT molecular complexity index is 635. The van der Waals surface area contributed by atoms with E-state index in [1.165, 1.54) is 0 Å². The number of nitrogen functional groups attached to an aromatic ring is 1. The van der Waals surface area contributed by atoms with Gasteiger partial charge in [0.15, 0.2) is 0 Å². The zero-order chi connectivity index (χ0) is 12.7. The summed E-state index contributed by atoms with van der Waals surface area (Å²) in [5.41, 5.74) is 9.15. The number of anilines is 2. The Kier molecular flexibility index (Phi) is 2.48. The molecule has 0 fully saturated rings. The summed E-state index contributed by atoms with van der Waals surface area (Å²) in [5.74, 6) is 0.0248. The predicted octanol–water partition coefficient (Wildman–Crippen LogP) is 1.99. The quantitative estimate of drug-likeness (QED) is 0.772. The highest BCUT2D eigenvalue weighted by Crippen LogP contribution is 2.30. The van der Waals surface area contributed by atoms with E-state index < -0.39 is 0 Å². The molecule has 1 amide bonds. The van der Waals surface area contributed by atoms with Crippen LogP contribution in [0.15, 0.2) is 24.5 Å². The zero-order valence-electron chi connectivity index (χ0n) is 9.48. The number of nitrogens with one attached hydrogen (secondary N) is 1. The van der Waals surface area contributed by atoms with Crippen LogP contribution in [0.4, 0.5) is 11.4 Å². The van der Waals surface area contributed by atoms with Crippen molar-refractivity contribution < 1.29 is 4.79 Å². The van der Waals surface area contributed by atoms with Crippen molar-refractivity contribution >= 4 is 28.9 Å². The summed E-state index contributed by atoms with van der Waals surface area (Å²) in [6.07, 6.45) is 4.46. The van der Waals surface area contributed by atoms with E-state index in [0.717, 1.165) is 16.9 Å². The number of rotatable bonds is 1.